The highest BCUT2D eigenvalue weighted by Gasteiger charge is 2.09. The molecule has 3 aromatic rings. The van der Waals surface area contributed by atoms with Gasteiger partial charge in [-0.3, -0.25) is 4.79 Å². The Labute approximate surface area is 156 Å². The number of rotatable bonds is 6. The number of nitrogens with one attached hydrogen (secondary N) is 2. The summed E-state index contributed by atoms with van der Waals surface area (Å²) in [5.41, 5.74) is 1.71. The number of hydrogen-bond donors (Lipinski definition) is 2. The normalized spacial score (nSPS) is 10.2. The lowest BCUT2D eigenvalue weighted by molar-refractivity contribution is 0.102. The van der Waals surface area contributed by atoms with Gasteiger partial charge in [0, 0.05) is 16.4 Å². The molecule has 0 saturated carbocycles. The van der Waals surface area contributed by atoms with Gasteiger partial charge in [0.25, 0.3) is 5.91 Å². The molecule has 2 N–H and O–H groups in total. The molecule has 0 radical (unpaired) electrons. The number of nitrogens with zero attached hydrogens (tertiary/aromatic N) is 2. The Kier molecular flexibility index (Phi) is 5.66. The average Bonchev–Trinajstić information content (AvgIpc) is 2.66. The van der Waals surface area contributed by atoms with Crippen LogP contribution in [0.1, 0.15) is 17.4 Å². The van der Waals surface area contributed by atoms with Crippen molar-refractivity contribution in [2.24, 2.45) is 0 Å². The maximum absolute atomic E-state index is 12.3. The molecule has 3 rings (SSSR count). The highest BCUT2D eigenvalue weighted by atomic mass is 35.5. The first kappa shape index (κ1) is 17.7. The Balaban J connectivity index is 1.62. The second-order valence-electron chi connectivity index (χ2n) is 5.33. The van der Waals surface area contributed by atoms with E-state index in [2.05, 4.69) is 20.6 Å². The predicted octanol–water partition coefficient (Wildman–Crippen LogP) is 4.52. The van der Waals surface area contributed by atoms with E-state index in [-0.39, 0.29) is 11.6 Å². The Morgan fingerprint density at radius 3 is 2.31 bits per heavy atom. The van der Waals surface area contributed by atoms with Gasteiger partial charge in [-0.25, -0.2) is 9.97 Å². The number of carbonyl (C=O) groups excluding carboxylic acids is 1. The van der Waals surface area contributed by atoms with Crippen LogP contribution in [-0.2, 0) is 0 Å². The van der Waals surface area contributed by atoms with Gasteiger partial charge in [-0.1, -0.05) is 11.6 Å². The summed E-state index contributed by atoms with van der Waals surface area (Å²) in [4.78, 5) is 20.6. The van der Waals surface area contributed by atoms with E-state index in [4.69, 9.17) is 16.3 Å². The fraction of sp³-hybridized carbons (Fsp3) is 0.105. The summed E-state index contributed by atoms with van der Waals surface area (Å²) in [6, 6.07) is 14.3. The van der Waals surface area contributed by atoms with Gasteiger partial charge in [-0.15, -0.1) is 0 Å². The molecule has 26 heavy (non-hydrogen) atoms. The zero-order valence-electron chi connectivity index (χ0n) is 14.1. The predicted molar refractivity (Wildman–Crippen MR) is 102 cm³/mol. The molecule has 1 amide bonds. The number of hydrogen-bond acceptors (Lipinski definition) is 5. The second kappa shape index (κ2) is 8.31. The molecule has 0 saturated heterocycles. The minimum Gasteiger partial charge on any atom is -0.494 e. The van der Waals surface area contributed by atoms with Crippen LogP contribution in [0.15, 0.2) is 60.9 Å². The number of aromatic nitrogens is 2. The Hall–Kier alpha value is -3.12. The molecule has 0 spiro atoms. The fourth-order valence-corrected chi connectivity index (χ4v) is 2.31. The smallest absolute Gasteiger partial charge is 0.275 e. The molecule has 6 nitrogen and oxygen atoms in total. The molecule has 132 valence electrons. The fourth-order valence-electron chi connectivity index (χ4n) is 2.19. The van der Waals surface area contributed by atoms with Crippen LogP contribution in [0.3, 0.4) is 0 Å². The lowest BCUT2D eigenvalue weighted by Gasteiger charge is -2.08. The first-order valence-electron chi connectivity index (χ1n) is 8.03. The van der Waals surface area contributed by atoms with Crippen molar-refractivity contribution >= 4 is 34.7 Å². The van der Waals surface area contributed by atoms with Crippen LogP contribution >= 0.6 is 11.6 Å². The van der Waals surface area contributed by atoms with Gasteiger partial charge in [-0.05, 0) is 55.5 Å². The Morgan fingerprint density at radius 1 is 1.00 bits per heavy atom. The van der Waals surface area contributed by atoms with Crippen molar-refractivity contribution in [3.8, 4) is 5.75 Å². The highest BCUT2D eigenvalue weighted by Crippen LogP contribution is 2.18. The van der Waals surface area contributed by atoms with Crippen LogP contribution in [0.2, 0.25) is 5.02 Å². The maximum atomic E-state index is 12.3. The quantitative estimate of drug-likeness (QED) is 0.668. The molecule has 1 heterocycles. The monoisotopic (exact) mass is 368 g/mol. The van der Waals surface area contributed by atoms with Gasteiger partial charge in [-0.2, -0.15) is 0 Å². The minimum absolute atomic E-state index is 0.223. The van der Waals surface area contributed by atoms with E-state index in [1.165, 1.54) is 12.4 Å². The molecule has 0 aliphatic rings. The van der Waals surface area contributed by atoms with E-state index < -0.39 is 0 Å². The van der Waals surface area contributed by atoms with Crippen molar-refractivity contribution in [1.29, 1.82) is 0 Å². The van der Waals surface area contributed by atoms with Crippen molar-refractivity contribution in [2.45, 2.75) is 6.92 Å². The molecule has 7 heteroatoms. The zero-order valence-corrected chi connectivity index (χ0v) is 14.8. The zero-order chi connectivity index (χ0) is 18.4. The summed E-state index contributed by atoms with van der Waals surface area (Å²) in [6.45, 7) is 2.51. The third kappa shape index (κ3) is 4.70. The standard InChI is InChI=1S/C19H17ClN4O2/c1-2-26-16-9-7-15(8-10-16)24-19(25)17-11-22-18(12-21-17)23-14-5-3-13(20)4-6-14/h3-12H,2H2,1H3,(H,22,23)(H,24,25). The lowest BCUT2D eigenvalue weighted by Crippen LogP contribution is -2.14. The number of anilines is 3. The SMILES string of the molecule is CCOc1ccc(NC(=O)c2cnc(Nc3ccc(Cl)cc3)cn2)cc1. The molecule has 1 aromatic heterocycles. The summed E-state index contributed by atoms with van der Waals surface area (Å²) in [5.74, 6) is 0.951. The van der Waals surface area contributed by atoms with E-state index in [0.29, 0.717) is 23.1 Å². The number of amides is 1. The highest BCUT2D eigenvalue weighted by molar-refractivity contribution is 6.30. The molecule has 0 unspecified atom stereocenters. The van der Waals surface area contributed by atoms with E-state index in [1.807, 2.05) is 19.1 Å². The van der Waals surface area contributed by atoms with Crippen molar-refractivity contribution < 1.29 is 9.53 Å². The summed E-state index contributed by atoms with van der Waals surface area (Å²) in [5, 5.41) is 6.51. The molecule has 0 atom stereocenters. The summed E-state index contributed by atoms with van der Waals surface area (Å²) in [7, 11) is 0. The number of ether oxygens (including phenoxy) is 1. The van der Waals surface area contributed by atoms with Crippen molar-refractivity contribution in [1.82, 2.24) is 9.97 Å². The third-order valence-corrected chi connectivity index (χ3v) is 3.68. The van der Waals surface area contributed by atoms with E-state index >= 15 is 0 Å². The first-order valence-corrected chi connectivity index (χ1v) is 8.40. The van der Waals surface area contributed by atoms with Gasteiger partial charge in [0.05, 0.1) is 19.0 Å². The Morgan fingerprint density at radius 2 is 1.69 bits per heavy atom. The molecule has 0 aliphatic heterocycles. The van der Waals surface area contributed by atoms with Crippen LogP contribution in [0.25, 0.3) is 0 Å². The molecular formula is C19H17ClN4O2. The average molecular weight is 369 g/mol. The number of halogens is 1. The molecule has 0 aliphatic carbocycles. The second-order valence-corrected chi connectivity index (χ2v) is 5.77. The molecular weight excluding hydrogens is 352 g/mol. The van der Waals surface area contributed by atoms with Gasteiger partial charge in [0.15, 0.2) is 0 Å². The lowest BCUT2D eigenvalue weighted by atomic mass is 10.3. The largest absolute Gasteiger partial charge is 0.494 e. The van der Waals surface area contributed by atoms with Gasteiger partial charge < -0.3 is 15.4 Å². The van der Waals surface area contributed by atoms with Crippen LogP contribution in [-0.4, -0.2) is 22.5 Å². The summed E-state index contributed by atoms with van der Waals surface area (Å²) >= 11 is 5.85. The van der Waals surface area contributed by atoms with E-state index in [9.17, 15) is 4.79 Å². The molecule has 0 fully saturated rings. The third-order valence-electron chi connectivity index (χ3n) is 3.42. The van der Waals surface area contributed by atoms with Gasteiger partial charge in [0.1, 0.15) is 17.3 Å². The molecule has 2 aromatic carbocycles. The van der Waals surface area contributed by atoms with Gasteiger partial charge in [0.2, 0.25) is 0 Å². The van der Waals surface area contributed by atoms with Crippen LogP contribution < -0.4 is 15.4 Å². The maximum Gasteiger partial charge on any atom is 0.275 e. The van der Waals surface area contributed by atoms with Crippen LogP contribution in [0.5, 0.6) is 5.75 Å². The van der Waals surface area contributed by atoms with Crippen molar-refractivity contribution in [2.75, 3.05) is 17.2 Å². The number of benzene rings is 2. The summed E-state index contributed by atoms with van der Waals surface area (Å²) in [6.07, 6.45) is 2.92. The van der Waals surface area contributed by atoms with Crippen molar-refractivity contribution in [3.05, 3.63) is 71.6 Å². The minimum atomic E-state index is -0.334. The number of carbonyl (C=O) groups is 1. The van der Waals surface area contributed by atoms with E-state index in [1.54, 1.807) is 36.4 Å². The first-order chi connectivity index (χ1) is 12.6. The van der Waals surface area contributed by atoms with Crippen LogP contribution in [0, 0.1) is 0 Å². The van der Waals surface area contributed by atoms with Crippen LogP contribution in [0.4, 0.5) is 17.2 Å². The molecule has 0 bridgehead atoms. The van der Waals surface area contributed by atoms with Crippen molar-refractivity contribution in [3.63, 3.8) is 0 Å². The van der Waals surface area contributed by atoms with Gasteiger partial charge >= 0.3 is 0 Å². The summed E-state index contributed by atoms with van der Waals surface area (Å²) < 4.78 is 5.37. The van der Waals surface area contributed by atoms with E-state index in [0.717, 1.165) is 11.4 Å². The Bertz CT molecular complexity index is 866. The topological polar surface area (TPSA) is 76.1 Å².